The van der Waals surface area contributed by atoms with Crippen LogP contribution in [0.1, 0.15) is 28.4 Å². The van der Waals surface area contributed by atoms with Gasteiger partial charge in [-0.2, -0.15) is 0 Å². The van der Waals surface area contributed by atoms with Crippen LogP contribution in [0, 0.1) is 5.82 Å². The third-order valence-electron chi connectivity index (χ3n) is 3.49. The van der Waals surface area contributed by atoms with Crippen LogP contribution in [0.15, 0.2) is 17.1 Å². The topological polar surface area (TPSA) is 58.7 Å². The number of aliphatic imine (C=N–C) groups is 1. The highest BCUT2D eigenvalue weighted by Gasteiger charge is 2.48. The van der Waals surface area contributed by atoms with E-state index in [-0.39, 0.29) is 17.2 Å². The lowest BCUT2D eigenvalue weighted by atomic mass is 9.98. The monoisotopic (exact) mass is 303 g/mol. The molecule has 0 bridgehead atoms. The standard InChI is InChI=1S/C12H9ClF3N3O/c13-10(20)5-1-6-8(2-7(5)14)18-11(17)19-4-12(15,16)3-9(6)19/h1-2,9H,3-4H2,(H2,17,18)/t9-/m0/s1. The molecule has 2 N–H and O–H groups in total. The highest BCUT2D eigenvalue weighted by Crippen LogP contribution is 2.46. The molecular formula is C12H9ClF3N3O. The van der Waals surface area contributed by atoms with Crippen molar-refractivity contribution in [2.45, 2.75) is 18.4 Å². The summed E-state index contributed by atoms with van der Waals surface area (Å²) >= 11 is 5.28. The molecule has 8 heteroatoms. The molecule has 1 atom stereocenters. The number of alkyl halides is 2. The minimum atomic E-state index is -2.91. The maximum atomic E-state index is 13.7. The first-order chi connectivity index (χ1) is 9.28. The second-order valence-corrected chi connectivity index (χ2v) is 5.18. The first kappa shape index (κ1) is 13.2. The summed E-state index contributed by atoms with van der Waals surface area (Å²) in [4.78, 5) is 16.3. The van der Waals surface area contributed by atoms with Gasteiger partial charge in [-0.05, 0) is 17.7 Å². The van der Waals surface area contributed by atoms with Crippen LogP contribution in [0.2, 0.25) is 0 Å². The molecule has 0 spiro atoms. The van der Waals surface area contributed by atoms with Gasteiger partial charge < -0.3 is 10.6 Å². The molecular weight excluding hydrogens is 295 g/mol. The molecule has 106 valence electrons. The molecule has 1 fully saturated rings. The fourth-order valence-electron chi connectivity index (χ4n) is 2.62. The Morgan fingerprint density at radius 1 is 1.50 bits per heavy atom. The van der Waals surface area contributed by atoms with E-state index in [1.807, 2.05) is 0 Å². The summed E-state index contributed by atoms with van der Waals surface area (Å²) in [6.07, 6.45) is -0.461. The normalized spacial score (nSPS) is 23.1. The number of fused-ring (bicyclic) bond motifs is 3. The molecule has 0 amide bonds. The van der Waals surface area contributed by atoms with Gasteiger partial charge in [-0.1, -0.05) is 0 Å². The summed E-state index contributed by atoms with van der Waals surface area (Å²) in [5.74, 6) is -3.84. The maximum absolute atomic E-state index is 13.7. The summed E-state index contributed by atoms with van der Waals surface area (Å²) < 4.78 is 40.7. The molecule has 1 aromatic rings. The summed E-state index contributed by atoms with van der Waals surface area (Å²) in [5.41, 5.74) is 5.77. The van der Waals surface area contributed by atoms with Crippen molar-refractivity contribution in [1.82, 2.24) is 4.90 Å². The molecule has 2 aliphatic heterocycles. The van der Waals surface area contributed by atoms with E-state index in [2.05, 4.69) is 4.99 Å². The lowest BCUT2D eigenvalue weighted by Crippen LogP contribution is -2.40. The number of hydrogen-bond acceptors (Lipinski definition) is 4. The van der Waals surface area contributed by atoms with Gasteiger partial charge in [-0.15, -0.1) is 0 Å². The smallest absolute Gasteiger partial charge is 0.267 e. The van der Waals surface area contributed by atoms with Crippen molar-refractivity contribution in [2.24, 2.45) is 10.7 Å². The SMILES string of the molecule is NC1=Nc2cc(F)c(C(=O)Cl)cc2[C@@H]2CC(F)(F)CN12. The van der Waals surface area contributed by atoms with Crippen molar-refractivity contribution in [1.29, 1.82) is 0 Å². The number of guanidine groups is 1. The van der Waals surface area contributed by atoms with E-state index in [0.29, 0.717) is 5.56 Å². The number of carbonyl (C=O) groups is 1. The molecule has 2 heterocycles. The van der Waals surface area contributed by atoms with Gasteiger partial charge in [0.05, 0.1) is 23.8 Å². The van der Waals surface area contributed by atoms with Gasteiger partial charge in [-0.3, -0.25) is 4.79 Å². The number of hydrogen-bond donors (Lipinski definition) is 1. The molecule has 0 unspecified atom stereocenters. The molecule has 1 saturated heterocycles. The highest BCUT2D eigenvalue weighted by atomic mass is 35.5. The Balaban J connectivity index is 2.16. The number of nitrogens with two attached hydrogens (primary N) is 1. The summed E-state index contributed by atoms with van der Waals surface area (Å²) in [7, 11) is 0. The average Bonchev–Trinajstić information content (AvgIpc) is 2.64. The third kappa shape index (κ3) is 1.93. The zero-order chi connectivity index (χ0) is 14.7. The molecule has 0 saturated carbocycles. The number of rotatable bonds is 1. The Morgan fingerprint density at radius 3 is 2.85 bits per heavy atom. The van der Waals surface area contributed by atoms with E-state index in [4.69, 9.17) is 17.3 Å². The Hall–Kier alpha value is -1.76. The molecule has 1 aromatic carbocycles. The number of nitrogens with zero attached hydrogens (tertiary/aromatic N) is 2. The maximum Gasteiger partial charge on any atom is 0.267 e. The Labute approximate surface area is 117 Å². The lowest BCUT2D eigenvalue weighted by Gasteiger charge is -2.30. The lowest BCUT2D eigenvalue weighted by molar-refractivity contribution is 0.0165. The first-order valence-corrected chi connectivity index (χ1v) is 6.18. The van der Waals surface area contributed by atoms with Gasteiger partial charge >= 0.3 is 0 Å². The summed E-state index contributed by atoms with van der Waals surface area (Å²) in [5, 5.41) is -0.982. The quantitative estimate of drug-likeness (QED) is 0.811. The van der Waals surface area contributed by atoms with Gasteiger partial charge in [0, 0.05) is 18.1 Å². The van der Waals surface area contributed by atoms with Crippen molar-refractivity contribution in [3.05, 3.63) is 29.1 Å². The average molecular weight is 304 g/mol. The molecule has 0 radical (unpaired) electrons. The third-order valence-corrected chi connectivity index (χ3v) is 3.69. The molecule has 20 heavy (non-hydrogen) atoms. The van der Waals surface area contributed by atoms with Crippen LogP contribution in [0.4, 0.5) is 18.9 Å². The van der Waals surface area contributed by atoms with Crippen molar-refractivity contribution in [2.75, 3.05) is 6.54 Å². The molecule has 4 nitrogen and oxygen atoms in total. The van der Waals surface area contributed by atoms with Gasteiger partial charge in [0.15, 0.2) is 5.96 Å². The Morgan fingerprint density at radius 2 is 2.20 bits per heavy atom. The molecule has 0 aliphatic carbocycles. The molecule has 3 rings (SSSR count). The predicted molar refractivity (Wildman–Crippen MR) is 66.9 cm³/mol. The van der Waals surface area contributed by atoms with Crippen LogP contribution in [0.25, 0.3) is 0 Å². The Bertz CT molecular complexity index is 647. The zero-order valence-corrected chi connectivity index (χ0v) is 10.8. The minimum absolute atomic E-state index is 0.0796. The van der Waals surface area contributed by atoms with E-state index < -0.39 is 36.0 Å². The fraction of sp³-hybridized carbons (Fsp3) is 0.333. The second kappa shape index (κ2) is 4.12. The van der Waals surface area contributed by atoms with E-state index in [9.17, 15) is 18.0 Å². The van der Waals surface area contributed by atoms with E-state index in [0.717, 1.165) is 6.07 Å². The van der Waals surface area contributed by atoms with Crippen molar-refractivity contribution in [3.8, 4) is 0 Å². The Kier molecular flexibility index (Phi) is 2.72. The van der Waals surface area contributed by atoms with Gasteiger partial charge in [0.2, 0.25) is 0 Å². The number of benzene rings is 1. The number of carbonyl (C=O) groups excluding carboxylic acids is 1. The van der Waals surface area contributed by atoms with Crippen LogP contribution in [-0.4, -0.2) is 28.6 Å². The fourth-order valence-corrected chi connectivity index (χ4v) is 2.76. The first-order valence-electron chi connectivity index (χ1n) is 5.80. The summed E-state index contributed by atoms with van der Waals surface area (Å²) in [6.45, 7) is -0.548. The zero-order valence-electron chi connectivity index (χ0n) is 10.0. The number of halogens is 4. The van der Waals surface area contributed by atoms with Gasteiger partial charge in [-0.25, -0.2) is 18.2 Å². The van der Waals surface area contributed by atoms with Crippen LogP contribution < -0.4 is 5.73 Å². The van der Waals surface area contributed by atoms with Crippen LogP contribution >= 0.6 is 11.6 Å². The molecule has 0 aromatic heterocycles. The van der Waals surface area contributed by atoms with Crippen LogP contribution in [0.5, 0.6) is 0 Å². The van der Waals surface area contributed by atoms with Crippen molar-refractivity contribution in [3.63, 3.8) is 0 Å². The van der Waals surface area contributed by atoms with E-state index in [1.165, 1.54) is 11.0 Å². The highest BCUT2D eigenvalue weighted by molar-refractivity contribution is 6.67. The van der Waals surface area contributed by atoms with Crippen LogP contribution in [-0.2, 0) is 0 Å². The second-order valence-electron chi connectivity index (χ2n) is 4.84. The van der Waals surface area contributed by atoms with E-state index >= 15 is 0 Å². The summed E-state index contributed by atoms with van der Waals surface area (Å²) in [6, 6.07) is 1.44. The predicted octanol–water partition coefficient (Wildman–Crippen LogP) is 2.55. The minimum Gasteiger partial charge on any atom is -0.369 e. The van der Waals surface area contributed by atoms with Gasteiger partial charge in [0.25, 0.3) is 11.2 Å². The molecule has 2 aliphatic rings. The van der Waals surface area contributed by atoms with Crippen molar-refractivity contribution < 1.29 is 18.0 Å². The van der Waals surface area contributed by atoms with Crippen LogP contribution in [0.3, 0.4) is 0 Å². The van der Waals surface area contributed by atoms with Crippen molar-refractivity contribution >= 4 is 28.5 Å². The largest absolute Gasteiger partial charge is 0.369 e. The van der Waals surface area contributed by atoms with E-state index in [1.54, 1.807) is 0 Å². The van der Waals surface area contributed by atoms with Gasteiger partial charge in [0.1, 0.15) is 5.82 Å².